The third-order valence-corrected chi connectivity index (χ3v) is 7.37. The molecule has 0 radical (unpaired) electrons. The molecule has 0 bridgehead atoms. The van der Waals surface area contributed by atoms with Crippen LogP contribution in [-0.4, -0.2) is 30.6 Å². The zero-order valence-corrected chi connectivity index (χ0v) is 19.9. The van der Waals surface area contributed by atoms with Crippen LogP contribution < -0.4 is 10.9 Å². The van der Waals surface area contributed by atoms with Crippen LogP contribution in [0.4, 0.5) is 5.82 Å². The molecule has 0 atom stereocenters. The maximum absolute atomic E-state index is 13.5. The second-order valence-corrected chi connectivity index (χ2v) is 10.1. The maximum Gasteiger partial charge on any atom is 0.267 e. The summed E-state index contributed by atoms with van der Waals surface area (Å²) in [7, 11) is 0. The number of thiocarbonyl (C=S) groups is 1. The molecule has 1 saturated heterocycles. The average Bonchev–Trinajstić information content (AvgIpc) is 3.42. The Morgan fingerprint density at radius 2 is 2.06 bits per heavy atom. The van der Waals surface area contributed by atoms with Gasteiger partial charge in [0, 0.05) is 12.2 Å². The van der Waals surface area contributed by atoms with Crippen LogP contribution in [0.3, 0.4) is 0 Å². The number of amides is 1. The lowest BCUT2D eigenvalue weighted by Gasteiger charge is -2.24. The minimum Gasteiger partial charge on any atom is -0.467 e. The van der Waals surface area contributed by atoms with E-state index in [1.54, 1.807) is 30.7 Å². The van der Waals surface area contributed by atoms with Crippen LogP contribution in [0.5, 0.6) is 0 Å². The molecule has 3 aromatic heterocycles. The number of thioether (sulfide) groups is 1. The van der Waals surface area contributed by atoms with Gasteiger partial charge in [0.15, 0.2) is 0 Å². The monoisotopic (exact) mass is 480 g/mol. The lowest BCUT2D eigenvalue weighted by molar-refractivity contribution is -0.122. The van der Waals surface area contributed by atoms with Gasteiger partial charge in [-0.3, -0.25) is 18.9 Å². The fourth-order valence-electron chi connectivity index (χ4n) is 4.26. The number of hydrogen-bond donors (Lipinski definition) is 1. The van der Waals surface area contributed by atoms with E-state index >= 15 is 0 Å². The molecule has 3 aromatic rings. The van der Waals surface area contributed by atoms with E-state index in [-0.39, 0.29) is 24.1 Å². The van der Waals surface area contributed by atoms with Gasteiger partial charge in [-0.1, -0.05) is 49.3 Å². The van der Waals surface area contributed by atoms with Gasteiger partial charge < -0.3 is 9.73 Å². The number of nitrogens with zero attached hydrogens (tertiary/aromatic N) is 3. The fourth-order valence-corrected chi connectivity index (χ4v) is 5.50. The van der Waals surface area contributed by atoms with Gasteiger partial charge in [0.25, 0.3) is 11.5 Å². The second-order valence-electron chi connectivity index (χ2n) is 8.44. The molecule has 2 fully saturated rings. The third kappa shape index (κ3) is 4.47. The van der Waals surface area contributed by atoms with E-state index in [1.807, 2.05) is 19.1 Å². The predicted octanol–water partition coefficient (Wildman–Crippen LogP) is 4.74. The van der Waals surface area contributed by atoms with Crippen LogP contribution >= 0.6 is 24.0 Å². The van der Waals surface area contributed by atoms with E-state index < -0.39 is 0 Å². The largest absolute Gasteiger partial charge is 0.467 e. The van der Waals surface area contributed by atoms with E-state index in [2.05, 4.69) is 5.32 Å². The average molecular weight is 481 g/mol. The first kappa shape index (κ1) is 21.9. The maximum atomic E-state index is 13.5. The van der Waals surface area contributed by atoms with Gasteiger partial charge in [0.2, 0.25) is 0 Å². The summed E-state index contributed by atoms with van der Waals surface area (Å²) in [5.41, 5.74) is 1.70. The van der Waals surface area contributed by atoms with Crippen molar-refractivity contribution >= 4 is 51.7 Å². The van der Waals surface area contributed by atoms with Gasteiger partial charge in [-0.25, -0.2) is 4.98 Å². The summed E-state index contributed by atoms with van der Waals surface area (Å²) >= 11 is 6.64. The number of aryl methyl sites for hydroxylation is 1. The van der Waals surface area contributed by atoms with Crippen molar-refractivity contribution in [2.24, 2.45) is 0 Å². The first-order valence-corrected chi connectivity index (χ1v) is 12.3. The molecule has 4 heterocycles. The number of nitrogens with one attached hydrogen (secondary N) is 1. The number of hydrogen-bond acceptors (Lipinski definition) is 7. The number of anilines is 1. The summed E-state index contributed by atoms with van der Waals surface area (Å²) in [6, 6.07) is 7.62. The number of rotatable bonds is 5. The molecule has 1 amide bonds. The molecule has 1 saturated carbocycles. The molecule has 1 aliphatic heterocycles. The highest BCUT2D eigenvalue weighted by Gasteiger charge is 2.33. The molecule has 2 aliphatic rings. The van der Waals surface area contributed by atoms with Gasteiger partial charge in [-0.15, -0.1) is 0 Å². The zero-order chi connectivity index (χ0) is 22.9. The number of carbonyl (C=O) groups excluding carboxylic acids is 1. The molecule has 1 N–H and O–H groups in total. The first-order chi connectivity index (χ1) is 16.0. The van der Waals surface area contributed by atoms with Crippen molar-refractivity contribution in [3.63, 3.8) is 0 Å². The minimum atomic E-state index is -0.237. The first-order valence-electron chi connectivity index (χ1n) is 11.1. The standard InChI is InChI=1S/C24H24N4O3S2/c1-15-9-10-20-26-21(25-16-6-3-2-4-7-16)18(22(29)27(20)13-15)12-19-23(30)28(24(32)33-19)14-17-8-5-11-31-17/h5,8-13,16,25H,2-4,6-7,14H2,1H3/b19-12+. The summed E-state index contributed by atoms with van der Waals surface area (Å²) in [6.45, 7) is 2.19. The van der Waals surface area contributed by atoms with E-state index in [4.69, 9.17) is 21.6 Å². The van der Waals surface area contributed by atoms with Crippen LogP contribution in [-0.2, 0) is 11.3 Å². The second kappa shape index (κ2) is 9.15. The Labute approximate surface area is 200 Å². The van der Waals surface area contributed by atoms with Crippen molar-refractivity contribution in [3.8, 4) is 0 Å². The molecule has 0 spiro atoms. The molecule has 7 nitrogen and oxygen atoms in total. The fraction of sp³-hybridized carbons (Fsp3) is 0.333. The highest BCUT2D eigenvalue weighted by Crippen LogP contribution is 2.34. The summed E-state index contributed by atoms with van der Waals surface area (Å²) in [4.78, 5) is 33.3. The summed E-state index contributed by atoms with van der Waals surface area (Å²) in [6.07, 6.45) is 10.6. The molecular formula is C24H24N4O3S2. The van der Waals surface area contributed by atoms with Crippen LogP contribution in [0.1, 0.15) is 49.0 Å². The predicted molar refractivity (Wildman–Crippen MR) is 134 cm³/mol. The van der Waals surface area contributed by atoms with E-state index in [1.165, 1.54) is 27.5 Å². The SMILES string of the molecule is Cc1ccc2nc(NC3CCCCC3)c(/C=C3/SC(=S)N(Cc4ccco4)C3=O)c(=O)n2c1. The van der Waals surface area contributed by atoms with E-state index in [0.717, 1.165) is 31.2 Å². The van der Waals surface area contributed by atoms with Gasteiger partial charge in [0.05, 0.1) is 23.3 Å². The Kier molecular flexibility index (Phi) is 6.07. The highest BCUT2D eigenvalue weighted by atomic mass is 32.2. The van der Waals surface area contributed by atoms with Crippen molar-refractivity contribution in [1.82, 2.24) is 14.3 Å². The molecule has 1 aliphatic carbocycles. The molecule has 33 heavy (non-hydrogen) atoms. The molecule has 0 aromatic carbocycles. The van der Waals surface area contributed by atoms with Crippen LogP contribution in [0.15, 0.2) is 50.8 Å². The Morgan fingerprint density at radius 1 is 1.24 bits per heavy atom. The number of furan rings is 1. The Balaban J connectivity index is 1.55. The van der Waals surface area contributed by atoms with Crippen molar-refractivity contribution in [1.29, 1.82) is 0 Å². The van der Waals surface area contributed by atoms with Crippen molar-refractivity contribution in [2.45, 2.75) is 51.6 Å². The quantitative estimate of drug-likeness (QED) is 0.417. The summed E-state index contributed by atoms with van der Waals surface area (Å²) in [5, 5.41) is 3.49. The van der Waals surface area contributed by atoms with Gasteiger partial charge in [-0.2, -0.15) is 0 Å². The van der Waals surface area contributed by atoms with E-state index in [9.17, 15) is 9.59 Å². The van der Waals surface area contributed by atoms with Gasteiger partial charge >= 0.3 is 0 Å². The van der Waals surface area contributed by atoms with Crippen molar-refractivity contribution in [3.05, 3.63) is 68.9 Å². The van der Waals surface area contributed by atoms with E-state index in [0.29, 0.717) is 32.0 Å². The number of carbonyl (C=O) groups is 1. The van der Waals surface area contributed by atoms with Gasteiger partial charge in [-0.05, 0) is 49.6 Å². The van der Waals surface area contributed by atoms with Gasteiger partial charge in [0.1, 0.15) is 21.5 Å². The van der Waals surface area contributed by atoms with Crippen LogP contribution in [0.2, 0.25) is 0 Å². The number of aromatic nitrogens is 2. The Morgan fingerprint density at radius 3 is 2.82 bits per heavy atom. The van der Waals surface area contributed by atoms with Crippen LogP contribution in [0.25, 0.3) is 11.7 Å². The lowest BCUT2D eigenvalue weighted by atomic mass is 9.95. The smallest absolute Gasteiger partial charge is 0.267 e. The topological polar surface area (TPSA) is 79.8 Å². The molecule has 170 valence electrons. The Bertz CT molecular complexity index is 1310. The summed E-state index contributed by atoms with van der Waals surface area (Å²) < 4.78 is 7.35. The normalized spacial score (nSPS) is 18.6. The van der Waals surface area contributed by atoms with Crippen molar-refractivity contribution in [2.75, 3.05) is 5.32 Å². The minimum absolute atomic E-state index is 0.210. The highest BCUT2D eigenvalue weighted by molar-refractivity contribution is 8.26. The van der Waals surface area contributed by atoms with Crippen LogP contribution in [0, 0.1) is 6.92 Å². The molecule has 5 rings (SSSR count). The lowest BCUT2D eigenvalue weighted by Crippen LogP contribution is -2.28. The molecular weight excluding hydrogens is 456 g/mol. The van der Waals surface area contributed by atoms with Crippen molar-refractivity contribution < 1.29 is 9.21 Å². The summed E-state index contributed by atoms with van der Waals surface area (Å²) in [5.74, 6) is 0.931. The number of pyridine rings is 1. The molecule has 9 heteroatoms. The molecule has 0 unspecified atom stereocenters. The third-order valence-electron chi connectivity index (χ3n) is 5.99. The number of fused-ring (bicyclic) bond motifs is 1. The Hall–Kier alpha value is -2.91. The zero-order valence-electron chi connectivity index (χ0n) is 18.2.